The molecule has 25 heavy (non-hydrogen) atoms. The van der Waals surface area contributed by atoms with Crippen LogP contribution in [-0.4, -0.2) is 20.1 Å². The monoisotopic (exact) mass is 339 g/mol. The zero-order chi connectivity index (χ0) is 17.8. The first kappa shape index (κ1) is 16.6. The fourth-order valence-corrected chi connectivity index (χ4v) is 2.39. The summed E-state index contributed by atoms with van der Waals surface area (Å²) in [4.78, 5) is 24.4. The van der Waals surface area contributed by atoms with Crippen molar-refractivity contribution in [3.63, 3.8) is 0 Å². The fourth-order valence-electron chi connectivity index (χ4n) is 2.39. The minimum atomic E-state index is -0.461. The molecule has 0 fully saturated rings. The molecule has 1 N–H and O–H groups in total. The van der Waals surface area contributed by atoms with Gasteiger partial charge < -0.3 is 19.2 Å². The van der Waals surface area contributed by atoms with E-state index < -0.39 is 5.91 Å². The van der Waals surface area contributed by atoms with E-state index in [0.29, 0.717) is 23.3 Å². The molecule has 1 aromatic heterocycles. The molecule has 0 bridgehead atoms. The van der Waals surface area contributed by atoms with Crippen molar-refractivity contribution in [3.05, 3.63) is 70.1 Å². The van der Waals surface area contributed by atoms with Gasteiger partial charge >= 0.3 is 0 Å². The Bertz CT molecular complexity index is 960. The normalized spacial score (nSPS) is 10.5. The third-order valence-electron chi connectivity index (χ3n) is 3.77. The van der Waals surface area contributed by atoms with Crippen LogP contribution in [-0.2, 0) is 6.54 Å². The van der Waals surface area contributed by atoms with Gasteiger partial charge in [-0.25, -0.2) is 0 Å². The standard InChI is InChI=1S/C19H17NO5/c1-23-13-5-3-12(4-6-13)11-20-19(22)18-10-16(21)15-8-7-14(24-2)9-17(15)25-18/h3-10H,11H2,1-2H3,(H,20,22). The van der Waals surface area contributed by atoms with E-state index in [2.05, 4.69) is 5.32 Å². The van der Waals surface area contributed by atoms with E-state index in [0.717, 1.165) is 11.3 Å². The first-order valence-electron chi connectivity index (χ1n) is 7.64. The van der Waals surface area contributed by atoms with Crippen molar-refractivity contribution in [3.8, 4) is 11.5 Å². The third kappa shape index (κ3) is 3.63. The molecule has 0 atom stereocenters. The van der Waals surface area contributed by atoms with Crippen molar-refractivity contribution in [2.24, 2.45) is 0 Å². The average Bonchev–Trinajstić information content (AvgIpc) is 2.65. The maximum absolute atomic E-state index is 12.3. The zero-order valence-electron chi connectivity index (χ0n) is 13.9. The van der Waals surface area contributed by atoms with Crippen LogP contribution < -0.4 is 20.2 Å². The van der Waals surface area contributed by atoms with Crippen LogP contribution in [0.4, 0.5) is 0 Å². The summed E-state index contributed by atoms with van der Waals surface area (Å²) in [5.41, 5.74) is 0.930. The highest BCUT2D eigenvalue weighted by Crippen LogP contribution is 2.19. The van der Waals surface area contributed by atoms with Crippen LogP contribution >= 0.6 is 0 Å². The molecule has 0 unspecified atom stereocenters. The highest BCUT2D eigenvalue weighted by atomic mass is 16.5. The van der Waals surface area contributed by atoms with Gasteiger partial charge in [-0.15, -0.1) is 0 Å². The molecule has 0 aliphatic carbocycles. The van der Waals surface area contributed by atoms with Crippen molar-refractivity contribution in [2.75, 3.05) is 14.2 Å². The van der Waals surface area contributed by atoms with Crippen molar-refractivity contribution < 1.29 is 18.7 Å². The Morgan fingerprint density at radius 2 is 1.68 bits per heavy atom. The van der Waals surface area contributed by atoms with Crippen LogP contribution in [0.3, 0.4) is 0 Å². The molecule has 6 nitrogen and oxygen atoms in total. The Morgan fingerprint density at radius 3 is 2.36 bits per heavy atom. The highest BCUT2D eigenvalue weighted by molar-refractivity contribution is 5.93. The quantitative estimate of drug-likeness (QED) is 0.773. The van der Waals surface area contributed by atoms with Gasteiger partial charge in [-0.2, -0.15) is 0 Å². The Balaban J connectivity index is 1.80. The largest absolute Gasteiger partial charge is 0.497 e. The number of carbonyl (C=O) groups excluding carboxylic acids is 1. The number of hydrogen-bond donors (Lipinski definition) is 1. The number of methoxy groups -OCH3 is 2. The number of carbonyl (C=O) groups is 1. The molecule has 0 radical (unpaired) electrons. The van der Waals surface area contributed by atoms with E-state index in [9.17, 15) is 9.59 Å². The second-order valence-corrected chi connectivity index (χ2v) is 5.37. The summed E-state index contributed by atoms with van der Waals surface area (Å²) < 4.78 is 15.8. The van der Waals surface area contributed by atoms with Gasteiger partial charge in [-0.1, -0.05) is 12.1 Å². The Labute approximate surface area is 144 Å². The number of nitrogens with one attached hydrogen (secondary N) is 1. The molecule has 3 rings (SSSR count). The maximum Gasteiger partial charge on any atom is 0.287 e. The molecule has 0 saturated carbocycles. The molecule has 1 heterocycles. The summed E-state index contributed by atoms with van der Waals surface area (Å²) in [5, 5.41) is 3.13. The van der Waals surface area contributed by atoms with Crippen LogP contribution in [0, 0.1) is 0 Å². The Morgan fingerprint density at radius 1 is 1.00 bits per heavy atom. The number of benzene rings is 2. The zero-order valence-corrected chi connectivity index (χ0v) is 13.9. The third-order valence-corrected chi connectivity index (χ3v) is 3.77. The van der Waals surface area contributed by atoms with Gasteiger partial charge in [-0.3, -0.25) is 9.59 Å². The molecule has 0 spiro atoms. The van der Waals surface area contributed by atoms with Crippen molar-refractivity contribution in [2.45, 2.75) is 6.54 Å². The molecule has 3 aromatic rings. The smallest absolute Gasteiger partial charge is 0.287 e. The summed E-state index contributed by atoms with van der Waals surface area (Å²) in [7, 11) is 3.11. The van der Waals surface area contributed by atoms with E-state index in [1.54, 1.807) is 25.3 Å². The number of hydrogen-bond acceptors (Lipinski definition) is 5. The lowest BCUT2D eigenvalue weighted by Gasteiger charge is -2.07. The van der Waals surface area contributed by atoms with E-state index in [-0.39, 0.29) is 11.2 Å². The van der Waals surface area contributed by atoms with Gasteiger partial charge in [-0.05, 0) is 29.8 Å². The van der Waals surface area contributed by atoms with E-state index in [1.807, 2.05) is 24.3 Å². The van der Waals surface area contributed by atoms with Gasteiger partial charge in [0.2, 0.25) is 0 Å². The van der Waals surface area contributed by atoms with E-state index >= 15 is 0 Å². The van der Waals surface area contributed by atoms with Crippen LogP contribution in [0.25, 0.3) is 11.0 Å². The molecule has 1 amide bonds. The topological polar surface area (TPSA) is 77.8 Å². The average molecular weight is 339 g/mol. The molecule has 0 aliphatic heterocycles. The molecule has 6 heteroatoms. The van der Waals surface area contributed by atoms with Crippen LogP contribution in [0.2, 0.25) is 0 Å². The lowest BCUT2D eigenvalue weighted by Crippen LogP contribution is -2.24. The SMILES string of the molecule is COc1ccc(CNC(=O)c2cc(=O)c3ccc(OC)cc3o2)cc1. The lowest BCUT2D eigenvalue weighted by atomic mass is 10.2. The van der Waals surface area contributed by atoms with Crippen LogP contribution in [0.5, 0.6) is 11.5 Å². The lowest BCUT2D eigenvalue weighted by molar-refractivity contribution is 0.0923. The minimum Gasteiger partial charge on any atom is -0.497 e. The van der Waals surface area contributed by atoms with Crippen molar-refractivity contribution in [1.29, 1.82) is 0 Å². The molecular formula is C19H17NO5. The van der Waals surface area contributed by atoms with Crippen LogP contribution in [0.15, 0.2) is 57.7 Å². The minimum absolute atomic E-state index is 0.0423. The summed E-state index contributed by atoms with van der Waals surface area (Å²) >= 11 is 0. The first-order chi connectivity index (χ1) is 12.1. The van der Waals surface area contributed by atoms with Gasteiger partial charge in [0, 0.05) is 18.7 Å². The number of amides is 1. The fraction of sp³-hybridized carbons (Fsp3) is 0.158. The predicted molar refractivity (Wildman–Crippen MR) is 93.2 cm³/mol. The summed E-state index contributed by atoms with van der Waals surface area (Å²) in [6.45, 7) is 0.308. The Hall–Kier alpha value is -3.28. The molecule has 2 aromatic carbocycles. The predicted octanol–water partition coefficient (Wildman–Crippen LogP) is 2.74. The van der Waals surface area contributed by atoms with Crippen LogP contribution in [0.1, 0.15) is 16.1 Å². The molecular weight excluding hydrogens is 322 g/mol. The summed E-state index contributed by atoms with van der Waals surface area (Å²) in [5.74, 6) is 0.785. The number of rotatable bonds is 5. The van der Waals surface area contributed by atoms with Gasteiger partial charge in [0.15, 0.2) is 11.2 Å². The summed E-state index contributed by atoms with van der Waals surface area (Å²) in [6, 6.07) is 13.4. The molecule has 0 aliphatic rings. The van der Waals surface area contributed by atoms with Crippen molar-refractivity contribution >= 4 is 16.9 Å². The number of ether oxygens (including phenoxy) is 2. The Kier molecular flexibility index (Phi) is 4.70. The van der Waals surface area contributed by atoms with E-state index in [1.165, 1.54) is 13.2 Å². The molecule has 128 valence electrons. The first-order valence-corrected chi connectivity index (χ1v) is 7.64. The van der Waals surface area contributed by atoms with Crippen molar-refractivity contribution in [1.82, 2.24) is 5.32 Å². The van der Waals surface area contributed by atoms with E-state index in [4.69, 9.17) is 13.9 Å². The molecule has 0 saturated heterocycles. The highest BCUT2D eigenvalue weighted by Gasteiger charge is 2.12. The maximum atomic E-state index is 12.3. The van der Waals surface area contributed by atoms with Gasteiger partial charge in [0.1, 0.15) is 17.1 Å². The second-order valence-electron chi connectivity index (χ2n) is 5.37. The summed E-state index contributed by atoms with van der Waals surface area (Å²) in [6.07, 6.45) is 0. The number of fused-ring (bicyclic) bond motifs is 1. The van der Waals surface area contributed by atoms with Gasteiger partial charge in [0.05, 0.1) is 19.6 Å². The second kappa shape index (κ2) is 7.09. The van der Waals surface area contributed by atoms with Gasteiger partial charge in [0.25, 0.3) is 5.91 Å².